The Kier molecular flexibility index (Phi) is 4.07. The van der Waals surface area contributed by atoms with Crippen molar-refractivity contribution < 1.29 is 9.53 Å². The maximum atomic E-state index is 12.4. The van der Waals surface area contributed by atoms with Crippen molar-refractivity contribution in [3.05, 3.63) is 29.3 Å². The number of amides is 1. The average molecular weight is 263 g/mol. The molecule has 1 aliphatic rings. The summed E-state index contributed by atoms with van der Waals surface area (Å²) in [5.41, 5.74) is 4.48. The van der Waals surface area contributed by atoms with Gasteiger partial charge in [0.1, 0.15) is 0 Å². The molecule has 5 nitrogen and oxygen atoms in total. The lowest BCUT2D eigenvalue weighted by molar-refractivity contribution is 0.0273. The SMILES string of the molecule is Cc1ccc(NN)c(C(=O)NC2(C)CCCOC2)c1. The first kappa shape index (κ1) is 13.8. The van der Waals surface area contributed by atoms with Crippen LogP contribution in [-0.2, 0) is 4.74 Å². The molecule has 5 heteroatoms. The Labute approximate surface area is 113 Å². The van der Waals surface area contributed by atoms with Crippen molar-refractivity contribution in [3.63, 3.8) is 0 Å². The fourth-order valence-electron chi connectivity index (χ4n) is 2.35. The summed E-state index contributed by atoms with van der Waals surface area (Å²) in [5, 5.41) is 3.05. The summed E-state index contributed by atoms with van der Waals surface area (Å²) >= 11 is 0. The van der Waals surface area contributed by atoms with Crippen LogP contribution < -0.4 is 16.6 Å². The van der Waals surface area contributed by atoms with Gasteiger partial charge >= 0.3 is 0 Å². The van der Waals surface area contributed by atoms with Crippen LogP contribution in [0.4, 0.5) is 5.69 Å². The van der Waals surface area contributed by atoms with Crippen LogP contribution in [0.15, 0.2) is 18.2 Å². The third kappa shape index (κ3) is 3.24. The molecule has 1 atom stereocenters. The van der Waals surface area contributed by atoms with E-state index in [9.17, 15) is 4.79 Å². The number of hydrazine groups is 1. The van der Waals surface area contributed by atoms with Gasteiger partial charge in [0.2, 0.25) is 0 Å². The minimum Gasteiger partial charge on any atom is -0.379 e. The normalized spacial score (nSPS) is 22.9. The molecule has 0 saturated carbocycles. The maximum absolute atomic E-state index is 12.4. The zero-order chi connectivity index (χ0) is 13.9. The fraction of sp³-hybridized carbons (Fsp3) is 0.500. The number of anilines is 1. The van der Waals surface area contributed by atoms with Crippen LogP contribution in [0.25, 0.3) is 0 Å². The number of hydrogen-bond donors (Lipinski definition) is 3. The highest BCUT2D eigenvalue weighted by Gasteiger charge is 2.30. The molecule has 0 radical (unpaired) electrons. The van der Waals surface area contributed by atoms with Crippen LogP contribution >= 0.6 is 0 Å². The lowest BCUT2D eigenvalue weighted by Gasteiger charge is -2.34. The molecule has 0 aromatic heterocycles. The van der Waals surface area contributed by atoms with Gasteiger partial charge in [-0.3, -0.25) is 10.6 Å². The molecule has 104 valence electrons. The molecule has 1 heterocycles. The molecule has 1 amide bonds. The molecule has 19 heavy (non-hydrogen) atoms. The summed E-state index contributed by atoms with van der Waals surface area (Å²) in [7, 11) is 0. The minimum absolute atomic E-state index is 0.121. The van der Waals surface area contributed by atoms with Crippen molar-refractivity contribution in [3.8, 4) is 0 Å². The van der Waals surface area contributed by atoms with Crippen LogP contribution in [0.3, 0.4) is 0 Å². The number of nitrogen functional groups attached to an aromatic ring is 1. The van der Waals surface area contributed by atoms with Gasteiger partial charge in [0.15, 0.2) is 0 Å². The van der Waals surface area contributed by atoms with Crippen LogP contribution in [0.5, 0.6) is 0 Å². The smallest absolute Gasteiger partial charge is 0.253 e. The van der Waals surface area contributed by atoms with Gasteiger partial charge in [-0.25, -0.2) is 0 Å². The number of aryl methyl sites for hydroxylation is 1. The van der Waals surface area contributed by atoms with Gasteiger partial charge in [-0.1, -0.05) is 11.6 Å². The summed E-state index contributed by atoms with van der Waals surface area (Å²) < 4.78 is 5.45. The lowest BCUT2D eigenvalue weighted by Crippen LogP contribution is -2.51. The van der Waals surface area contributed by atoms with Gasteiger partial charge in [-0.05, 0) is 38.8 Å². The van der Waals surface area contributed by atoms with E-state index in [1.807, 2.05) is 32.0 Å². The van der Waals surface area contributed by atoms with Crippen molar-refractivity contribution in [2.24, 2.45) is 5.84 Å². The number of ether oxygens (including phenoxy) is 1. The highest BCUT2D eigenvalue weighted by molar-refractivity contribution is 6.00. The molecule has 0 aliphatic carbocycles. The predicted octanol–water partition coefficient (Wildman–Crippen LogP) is 1.58. The molecule has 1 fully saturated rings. The third-order valence-corrected chi connectivity index (χ3v) is 3.43. The summed E-state index contributed by atoms with van der Waals surface area (Å²) in [4.78, 5) is 12.4. The first-order valence-corrected chi connectivity index (χ1v) is 6.52. The molecule has 4 N–H and O–H groups in total. The predicted molar refractivity (Wildman–Crippen MR) is 74.9 cm³/mol. The number of nitrogens with one attached hydrogen (secondary N) is 2. The van der Waals surface area contributed by atoms with Crippen molar-refractivity contribution in [1.82, 2.24) is 5.32 Å². The monoisotopic (exact) mass is 263 g/mol. The number of benzene rings is 1. The van der Waals surface area contributed by atoms with Gasteiger partial charge in [-0.2, -0.15) is 0 Å². The first-order chi connectivity index (χ1) is 9.04. The van der Waals surface area contributed by atoms with E-state index in [1.165, 1.54) is 0 Å². The first-order valence-electron chi connectivity index (χ1n) is 6.52. The van der Waals surface area contributed by atoms with Crippen molar-refractivity contribution >= 4 is 11.6 Å². The van der Waals surface area contributed by atoms with E-state index in [4.69, 9.17) is 10.6 Å². The van der Waals surface area contributed by atoms with Gasteiger partial charge in [-0.15, -0.1) is 0 Å². The molecular weight excluding hydrogens is 242 g/mol. The van der Waals surface area contributed by atoms with Crippen LogP contribution in [0.2, 0.25) is 0 Å². The summed E-state index contributed by atoms with van der Waals surface area (Å²) in [5.74, 6) is 5.33. The standard InChI is InChI=1S/C14H21N3O2/c1-10-4-5-12(17-15)11(8-10)13(18)16-14(2)6-3-7-19-9-14/h4-5,8,17H,3,6-7,9,15H2,1-2H3,(H,16,18). The van der Waals surface area contributed by atoms with E-state index in [1.54, 1.807) is 0 Å². The van der Waals surface area contributed by atoms with E-state index in [2.05, 4.69) is 10.7 Å². The Hall–Kier alpha value is -1.59. The molecule has 0 spiro atoms. The highest BCUT2D eigenvalue weighted by Crippen LogP contribution is 2.21. The van der Waals surface area contributed by atoms with E-state index >= 15 is 0 Å². The van der Waals surface area contributed by atoms with E-state index in [0.29, 0.717) is 17.9 Å². The van der Waals surface area contributed by atoms with Gasteiger partial charge in [0.05, 0.1) is 23.4 Å². The van der Waals surface area contributed by atoms with Crippen molar-refractivity contribution in [2.45, 2.75) is 32.2 Å². The molecular formula is C14H21N3O2. The van der Waals surface area contributed by atoms with Gasteiger partial charge in [0.25, 0.3) is 5.91 Å². The number of rotatable bonds is 3. The average Bonchev–Trinajstić information content (AvgIpc) is 2.39. The molecule has 0 bridgehead atoms. The molecule has 1 aromatic carbocycles. The zero-order valence-electron chi connectivity index (χ0n) is 11.5. The van der Waals surface area contributed by atoms with Crippen molar-refractivity contribution in [1.29, 1.82) is 0 Å². The van der Waals surface area contributed by atoms with E-state index in [0.717, 1.165) is 25.0 Å². The lowest BCUT2D eigenvalue weighted by atomic mass is 9.94. The van der Waals surface area contributed by atoms with Gasteiger partial charge in [0, 0.05) is 6.61 Å². The highest BCUT2D eigenvalue weighted by atomic mass is 16.5. The second kappa shape index (κ2) is 5.59. The summed E-state index contributed by atoms with van der Waals surface area (Å²) in [6.07, 6.45) is 1.89. The number of hydrogen-bond acceptors (Lipinski definition) is 4. The number of nitrogens with two attached hydrogens (primary N) is 1. The summed E-state index contributed by atoms with van der Waals surface area (Å²) in [6, 6.07) is 5.55. The largest absolute Gasteiger partial charge is 0.379 e. The van der Waals surface area contributed by atoms with Crippen LogP contribution in [-0.4, -0.2) is 24.7 Å². The molecule has 1 saturated heterocycles. The Bertz CT molecular complexity index is 468. The maximum Gasteiger partial charge on any atom is 0.253 e. The molecule has 2 rings (SSSR count). The molecule has 1 unspecified atom stereocenters. The quantitative estimate of drug-likeness (QED) is 0.571. The van der Waals surface area contributed by atoms with E-state index in [-0.39, 0.29) is 11.4 Å². The van der Waals surface area contributed by atoms with Gasteiger partial charge < -0.3 is 15.5 Å². The topological polar surface area (TPSA) is 76.4 Å². The number of carbonyl (C=O) groups excluding carboxylic acids is 1. The second-order valence-electron chi connectivity index (χ2n) is 5.36. The van der Waals surface area contributed by atoms with Crippen LogP contribution in [0.1, 0.15) is 35.7 Å². The third-order valence-electron chi connectivity index (χ3n) is 3.43. The minimum atomic E-state index is -0.301. The van der Waals surface area contributed by atoms with Crippen molar-refractivity contribution in [2.75, 3.05) is 18.6 Å². The van der Waals surface area contributed by atoms with Crippen LogP contribution in [0, 0.1) is 6.92 Å². The second-order valence-corrected chi connectivity index (χ2v) is 5.36. The summed E-state index contributed by atoms with van der Waals surface area (Å²) in [6.45, 7) is 5.28. The Morgan fingerprint density at radius 3 is 2.89 bits per heavy atom. The zero-order valence-corrected chi connectivity index (χ0v) is 11.5. The molecule has 1 aromatic rings. The fourth-order valence-corrected chi connectivity index (χ4v) is 2.35. The number of carbonyl (C=O) groups is 1. The molecule has 1 aliphatic heterocycles. The Balaban J connectivity index is 2.17. The Morgan fingerprint density at radius 1 is 1.47 bits per heavy atom. The van der Waals surface area contributed by atoms with E-state index < -0.39 is 0 Å². The Morgan fingerprint density at radius 2 is 2.26 bits per heavy atom.